The van der Waals surface area contributed by atoms with Crippen LogP contribution in [0.1, 0.15) is 72.6 Å². The first-order valence-electron chi connectivity index (χ1n) is 11.2. The maximum Gasteiger partial charge on any atom is 0.303 e. The fourth-order valence-corrected chi connectivity index (χ4v) is 7.53. The van der Waals surface area contributed by atoms with E-state index < -0.39 is 17.0 Å². The Bertz CT molecular complexity index is 784. The number of Topliss-reactive ketones (excluding diaryl/α,β-unsaturated/α-hetero) is 2. The van der Waals surface area contributed by atoms with Crippen LogP contribution in [-0.4, -0.2) is 34.9 Å². The first-order chi connectivity index (χ1) is 13.5. The lowest BCUT2D eigenvalue weighted by Gasteiger charge is -2.56. The molecule has 0 aliphatic heterocycles. The van der Waals surface area contributed by atoms with Crippen molar-refractivity contribution in [3.05, 3.63) is 11.6 Å². The number of hydrogen-bond acceptors (Lipinski definition) is 5. The van der Waals surface area contributed by atoms with Gasteiger partial charge in [0.15, 0.2) is 6.61 Å². The Balaban J connectivity index is 1.67. The van der Waals surface area contributed by atoms with E-state index >= 15 is 0 Å². The topological polar surface area (TPSA) is 80.7 Å². The molecule has 0 aromatic carbocycles. The number of hydrogen-bond donors (Lipinski definition) is 1. The van der Waals surface area contributed by atoms with Crippen molar-refractivity contribution >= 4 is 17.5 Å². The third-order valence-electron chi connectivity index (χ3n) is 9.26. The van der Waals surface area contributed by atoms with Gasteiger partial charge in [0, 0.05) is 25.2 Å². The van der Waals surface area contributed by atoms with Gasteiger partial charge in [0.1, 0.15) is 11.4 Å². The maximum atomic E-state index is 13.0. The number of allylic oxidation sites excluding steroid dienone is 2. The van der Waals surface area contributed by atoms with Gasteiger partial charge in [0.05, 0.1) is 0 Å². The second-order valence-corrected chi connectivity index (χ2v) is 10.5. The lowest BCUT2D eigenvalue weighted by atomic mass is 9.48. The van der Waals surface area contributed by atoms with Crippen LogP contribution in [0.25, 0.3) is 0 Å². The van der Waals surface area contributed by atoms with Crippen molar-refractivity contribution in [2.24, 2.45) is 34.5 Å². The van der Waals surface area contributed by atoms with Crippen LogP contribution in [0.15, 0.2) is 11.6 Å². The molecule has 0 bridgehead atoms. The lowest BCUT2D eigenvalue weighted by Crippen LogP contribution is -2.58. The second-order valence-electron chi connectivity index (χ2n) is 10.5. The Kier molecular flexibility index (Phi) is 4.84. The summed E-state index contributed by atoms with van der Waals surface area (Å²) in [6.07, 6.45) is 8.13. The zero-order chi connectivity index (χ0) is 21.2. The summed E-state index contributed by atoms with van der Waals surface area (Å²) in [6.45, 7) is 7.27. The van der Waals surface area contributed by atoms with E-state index in [4.69, 9.17) is 4.74 Å². The van der Waals surface area contributed by atoms with Gasteiger partial charge in [0.25, 0.3) is 0 Å². The van der Waals surface area contributed by atoms with Gasteiger partial charge in [-0.25, -0.2) is 0 Å². The number of aliphatic hydroxyl groups is 1. The van der Waals surface area contributed by atoms with Gasteiger partial charge in [-0.05, 0) is 61.2 Å². The molecule has 0 saturated heterocycles. The van der Waals surface area contributed by atoms with Gasteiger partial charge >= 0.3 is 5.97 Å². The molecule has 0 spiro atoms. The molecule has 5 nitrogen and oxygen atoms in total. The minimum atomic E-state index is -1.48. The molecule has 3 fully saturated rings. The van der Waals surface area contributed by atoms with E-state index in [0.29, 0.717) is 36.9 Å². The molecule has 4 aliphatic carbocycles. The van der Waals surface area contributed by atoms with Gasteiger partial charge in [-0.2, -0.15) is 0 Å². The molecule has 4 aliphatic rings. The van der Waals surface area contributed by atoms with E-state index in [1.807, 2.05) is 6.92 Å². The third kappa shape index (κ3) is 2.79. The molecule has 4 rings (SSSR count). The molecular formula is C24H34O5. The fourth-order valence-electron chi connectivity index (χ4n) is 7.53. The van der Waals surface area contributed by atoms with E-state index in [-0.39, 0.29) is 29.6 Å². The highest BCUT2D eigenvalue weighted by Crippen LogP contribution is 2.67. The highest BCUT2D eigenvalue weighted by molar-refractivity contribution is 5.91. The monoisotopic (exact) mass is 402 g/mol. The minimum Gasteiger partial charge on any atom is -0.458 e. The molecule has 0 radical (unpaired) electrons. The molecule has 160 valence electrons. The molecule has 29 heavy (non-hydrogen) atoms. The van der Waals surface area contributed by atoms with Crippen molar-refractivity contribution in [1.82, 2.24) is 0 Å². The number of carbonyl (C=O) groups is 3. The summed E-state index contributed by atoms with van der Waals surface area (Å²) in [5.74, 6) is 0.376. The van der Waals surface area contributed by atoms with Crippen molar-refractivity contribution in [3.8, 4) is 0 Å². The summed E-state index contributed by atoms with van der Waals surface area (Å²) in [4.78, 5) is 36.3. The fraction of sp³-hybridized carbons (Fsp3) is 0.792. The van der Waals surface area contributed by atoms with Gasteiger partial charge in [-0.1, -0.05) is 32.4 Å². The number of carbonyl (C=O) groups excluding carboxylic acids is 3. The molecule has 2 unspecified atom stereocenters. The van der Waals surface area contributed by atoms with Gasteiger partial charge < -0.3 is 9.84 Å². The van der Waals surface area contributed by atoms with E-state index in [1.54, 1.807) is 0 Å². The molecule has 0 aromatic heterocycles. The highest BCUT2D eigenvalue weighted by Gasteiger charge is 2.67. The van der Waals surface area contributed by atoms with Crippen LogP contribution in [0.4, 0.5) is 0 Å². The quantitative estimate of drug-likeness (QED) is 0.576. The number of ether oxygens (including phenoxy) is 1. The van der Waals surface area contributed by atoms with Crippen LogP contribution in [-0.2, 0) is 19.1 Å². The van der Waals surface area contributed by atoms with Crippen molar-refractivity contribution < 1.29 is 24.2 Å². The van der Waals surface area contributed by atoms with Crippen molar-refractivity contribution in [2.75, 3.05) is 6.61 Å². The van der Waals surface area contributed by atoms with E-state index in [9.17, 15) is 19.5 Å². The average molecular weight is 403 g/mol. The summed E-state index contributed by atoms with van der Waals surface area (Å²) >= 11 is 0. The van der Waals surface area contributed by atoms with E-state index in [2.05, 4.69) is 19.9 Å². The van der Waals surface area contributed by atoms with Crippen LogP contribution in [0.3, 0.4) is 0 Å². The second kappa shape index (κ2) is 6.76. The normalized spacial score (nSPS) is 46.2. The smallest absolute Gasteiger partial charge is 0.303 e. The van der Waals surface area contributed by atoms with Crippen LogP contribution in [0.2, 0.25) is 0 Å². The molecule has 0 amide bonds. The molecule has 0 aromatic rings. The highest BCUT2D eigenvalue weighted by atomic mass is 16.5. The van der Waals surface area contributed by atoms with Gasteiger partial charge in [-0.15, -0.1) is 0 Å². The summed E-state index contributed by atoms with van der Waals surface area (Å²) in [5.41, 5.74) is -0.474. The summed E-state index contributed by atoms with van der Waals surface area (Å²) in [7, 11) is 0. The van der Waals surface area contributed by atoms with Gasteiger partial charge in [-0.3, -0.25) is 14.4 Å². The zero-order valence-electron chi connectivity index (χ0n) is 18.1. The van der Waals surface area contributed by atoms with Crippen LogP contribution in [0, 0.1) is 34.5 Å². The Morgan fingerprint density at radius 3 is 2.69 bits per heavy atom. The Morgan fingerprint density at radius 2 is 2.00 bits per heavy atom. The van der Waals surface area contributed by atoms with Crippen molar-refractivity contribution in [1.29, 1.82) is 0 Å². The standard InChI is InChI=1S/C24H34O5/c1-14-11-20-18-6-5-16-12-17(26)7-9-22(16,3)19(18)8-10-23(20,4)24(14,28)21(27)13-29-15(2)25/h8,14,16,18,20,28H,5-7,9-13H2,1-4H3/t14-,16+,18?,20?,22+,23+,24+/m1/s1. The van der Waals surface area contributed by atoms with Crippen molar-refractivity contribution in [2.45, 2.75) is 78.2 Å². The molecular weight excluding hydrogens is 368 g/mol. The number of fused-ring (bicyclic) bond motifs is 5. The molecule has 0 heterocycles. The molecule has 3 saturated carbocycles. The van der Waals surface area contributed by atoms with E-state index in [0.717, 1.165) is 25.7 Å². The minimum absolute atomic E-state index is 0.0733. The maximum absolute atomic E-state index is 13.0. The average Bonchev–Trinajstić information content (AvgIpc) is 2.88. The first-order valence-corrected chi connectivity index (χ1v) is 11.2. The molecule has 5 heteroatoms. The largest absolute Gasteiger partial charge is 0.458 e. The lowest BCUT2D eigenvalue weighted by molar-refractivity contribution is -0.167. The van der Waals surface area contributed by atoms with Crippen LogP contribution < -0.4 is 0 Å². The number of esters is 1. The molecule has 1 N–H and O–H groups in total. The summed E-state index contributed by atoms with van der Waals surface area (Å²) in [6, 6.07) is 0. The Hall–Kier alpha value is -1.49. The third-order valence-corrected chi connectivity index (χ3v) is 9.26. The SMILES string of the molecule is CC(=O)OCC(=O)[C@@]1(O)[C@H](C)CC2C3CC[C@H]4CC(=O)CC[C@]4(C)C3=CC[C@@]21C. The molecule has 7 atom stereocenters. The number of rotatable bonds is 3. The zero-order valence-corrected chi connectivity index (χ0v) is 18.1. The predicted octanol–water partition coefficient (Wildman–Crippen LogP) is 3.63. The summed E-state index contributed by atoms with van der Waals surface area (Å²) < 4.78 is 4.96. The predicted molar refractivity (Wildman–Crippen MR) is 108 cm³/mol. The van der Waals surface area contributed by atoms with Crippen LogP contribution in [0.5, 0.6) is 0 Å². The Morgan fingerprint density at radius 1 is 1.28 bits per heavy atom. The van der Waals surface area contributed by atoms with Crippen molar-refractivity contribution in [3.63, 3.8) is 0 Å². The number of ketones is 2. The first kappa shape index (κ1) is 20.8. The van der Waals surface area contributed by atoms with E-state index in [1.165, 1.54) is 12.5 Å². The van der Waals surface area contributed by atoms with Gasteiger partial charge in [0.2, 0.25) is 5.78 Å². The van der Waals surface area contributed by atoms with Crippen LogP contribution >= 0.6 is 0 Å². The summed E-state index contributed by atoms with van der Waals surface area (Å²) in [5, 5.41) is 11.7. The Labute approximate surface area is 173 Å².